The Hall–Kier alpha value is -3.21. The average molecular weight is 405 g/mol. The molecule has 0 heterocycles. The lowest BCUT2D eigenvalue weighted by Crippen LogP contribution is -2.27. The van der Waals surface area contributed by atoms with Gasteiger partial charge in [0.05, 0.1) is 5.57 Å². The third-order valence-electron chi connectivity index (χ3n) is 5.24. The molecule has 0 bridgehead atoms. The molecular formula is C25H28N2O3. The molecule has 2 aromatic rings. The van der Waals surface area contributed by atoms with Gasteiger partial charge < -0.3 is 10.2 Å². The van der Waals surface area contributed by atoms with Crippen LogP contribution in [0.1, 0.15) is 46.7 Å². The van der Waals surface area contributed by atoms with Gasteiger partial charge in [-0.2, -0.15) is 0 Å². The van der Waals surface area contributed by atoms with E-state index in [0.717, 1.165) is 18.4 Å². The number of carbonyl (C=O) groups is 3. The van der Waals surface area contributed by atoms with Gasteiger partial charge in [-0.25, -0.2) is 0 Å². The number of allylic oxidation sites excluding steroid dienone is 1. The highest BCUT2D eigenvalue weighted by Crippen LogP contribution is 2.32. The fourth-order valence-corrected chi connectivity index (χ4v) is 3.71. The van der Waals surface area contributed by atoms with Crippen LogP contribution in [-0.2, 0) is 16.0 Å². The van der Waals surface area contributed by atoms with Crippen molar-refractivity contribution in [2.24, 2.45) is 0 Å². The number of rotatable bonds is 7. The van der Waals surface area contributed by atoms with Gasteiger partial charge in [0.1, 0.15) is 0 Å². The number of hydrogen-bond donors (Lipinski definition) is 1. The van der Waals surface area contributed by atoms with Crippen molar-refractivity contribution in [3.8, 4) is 0 Å². The first kappa shape index (κ1) is 21.5. The molecule has 1 fully saturated rings. The van der Waals surface area contributed by atoms with Gasteiger partial charge in [0, 0.05) is 45.2 Å². The highest BCUT2D eigenvalue weighted by Gasteiger charge is 2.31. The first-order valence-corrected chi connectivity index (χ1v) is 10.3. The maximum Gasteiger partial charge on any atom is 0.251 e. The summed E-state index contributed by atoms with van der Waals surface area (Å²) in [5, 5.41) is 2.96. The Balaban J connectivity index is 1.58. The smallest absolute Gasteiger partial charge is 0.251 e. The van der Waals surface area contributed by atoms with Gasteiger partial charge in [-0.05, 0) is 42.0 Å². The molecule has 0 radical (unpaired) electrons. The Morgan fingerprint density at radius 2 is 1.73 bits per heavy atom. The number of hydrogen-bond acceptors (Lipinski definition) is 4. The van der Waals surface area contributed by atoms with E-state index in [2.05, 4.69) is 17.4 Å². The van der Waals surface area contributed by atoms with E-state index in [1.54, 1.807) is 37.3 Å². The zero-order chi connectivity index (χ0) is 21.5. The van der Waals surface area contributed by atoms with Crippen LogP contribution in [0.3, 0.4) is 0 Å². The highest BCUT2D eigenvalue weighted by molar-refractivity contribution is 6.22. The van der Waals surface area contributed by atoms with E-state index >= 15 is 0 Å². The second kappa shape index (κ2) is 10.0. The summed E-state index contributed by atoms with van der Waals surface area (Å²) in [5.74, 6) is -0.594. The Labute approximate surface area is 177 Å². The number of Topliss-reactive ketones (excluding diaryl/α,β-unsaturated/α-hetero) is 2. The topological polar surface area (TPSA) is 66.5 Å². The van der Waals surface area contributed by atoms with Crippen LogP contribution >= 0.6 is 0 Å². The second-order valence-electron chi connectivity index (χ2n) is 7.93. The van der Waals surface area contributed by atoms with E-state index in [-0.39, 0.29) is 41.8 Å². The van der Waals surface area contributed by atoms with Crippen LogP contribution in [0.5, 0.6) is 0 Å². The van der Waals surface area contributed by atoms with Crippen LogP contribution < -0.4 is 5.32 Å². The monoisotopic (exact) mass is 404 g/mol. The van der Waals surface area contributed by atoms with E-state index in [0.29, 0.717) is 12.1 Å². The molecule has 0 aromatic heterocycles. The molecule has 2 aromatic carbocycles. The quantitative estimate of drug-likeness (QED) is 0.436. The number of nitrogens with one attached hydrogen (secondary N) is 1. The summed E-state index contributed by atoms with van der Waals surface area (Å²) in [6.07, 6.45) is 3.94. The second-order valence-corrected chi connectivity index (χ2v) is 7.93. The summed E-state index contributed by atoms with van der Waals surface area (Å²) in [7, 11) is 3.59. The van der Waals surface area contributed by atoms with Gasteiger partial charge >= 0.3 is 0 Å². The van der Waals surface area contributed by atoms with Gasteiger partial charge in [-0.3, -0.25) is 14.4 Å². The fraction of sp³-hybridized carbons (Fsp3) is 0.320. The van der Waals surface area contributed by atoms with Crippen molar-refractivity contribution >= 4 is 17.5 Å². The number of benzene rings is 2. The average Bonchev–Trinajstić information content (AvgIpc) is 2.74. The van der Waals surface area contributed by atoms with Gasteiger partial charge in [-0.15, -0.1) is 0 Å². The zero-order valence-electron chi connectivity index (χ0n) is 17.6. The van der Waals surface area contributed by atoms with Crippen molar-refractivity contribution in [3.63, 3.8) is 0 Å². The van der Waals surface area contributed by atoms with Gasteiger partial charge in [-0.1, -0.05) is 42.5 Å². The number of aryl methyl sites for hydroxylation is 1. The lowest BCUT2D eigenvalue weighted by molar-refractivity contribution is -0.124. The van der Waals surface area contributed by atoms with Crippen LogP contribution in [0.25, 0.3) is 0 Å². The van der Waals surface area contributed by atoms with Crippen LogP contribution in [0.2, 0.25) is 0 Å². The van der Waals surface area contributed by atoms with Crippen molar-refractivity contribution in [1.29, 1.82) is 0 Å². The molecule has 0 spiro atoms. The minimum atomic E-state index is -0.185. The molecule has 5 nitrogen and oxygen atoms in total. The van der Waals surface area contributed by atoms with E-state index in [4.69, 9.17) is 0 Å². The van der Waals surface area contributed by atoms with Crippen molar-refractivity contribution in [3.05, 3.63) is 83.1 Å². The number of ketones is 2. The van der Waals surface area contributed by atoms with Gasteiger partial charge in [0.2, 0.25) is 0 Å². The maximum atomic E-state index is 12.5. The summed E-state index contributed by atoms with van der Waals surface area (Å²) in [6.45, 7) is 0.594. The molecule has 1 amide bonds. The normalized spacial score (nSPS) is 16.3. The molecule has 5 heteroatoms. The van der Waals surface area contributed by atoms with Crippen LogP contribution in [-0.4, -0.2) is 43.0 Å². The highest BCUT2D eigenvalue weighted by atomic mass is 16.2. The molecule has 3 rings (SSSR count). The van der Waals surface area contributed by atoms with Gasteiger partial charge in [0.15, 0.2) is 11.6 Å². The number of amides is 1. The molecule has 0 aliphatic heterocycles. The number of carbonyl (C=O) groups excluding carboxylic acids is 3. The minimum absolute atomic E-state index is 0.133. The Morgan fingerprint density at radius 3 is 2.40 bits per heavy atom. The zero-order valence-corrected chi connectivity index (χ0v) is 17.6. The van der Waals surface area contributed by atoms with Gasteiger partial charge in [0.25, 0.3) is 5.91 Å². The summed E-state index contributed by atoms with van der Waals surface area (Å²) < 4.78 is 0. The number of nitrogens with zero attached hydrogens (tertiary/aromatic N) is 1. The summed E-state index contributed by atoms with van der Waals surface area (Å²) in [4.78, 5) is 39.1. The van der Waals surface area contributed by atoms with Crippen LogP contribution in [0, 0.1) is 0 Å². The Bertz CT molecular complexity index is 928. The first-order valence-electron chi connectivity index (χ1n) is 10.3. The summed E-state index contributed by atoms with van der Waals surface area (Å²) in [5.41, 5.74) is 2.94. The SMILES string of the molecule is CN(C)C=C1C(=O)CC(c2cccc(C(=O)NCCCc3ccccc3)c2)CC1=O. The largest absolute Gasteiger partial charge is 0.383 e. The standard InChI is InChI=1S/C25H28N2O3/c1-27(2)17-22-23(28)15-21(16-24(22)29)19-11-6-12-20(14-19)25(30)26-13-7-10-18-8-4-3-5-9-18/h3-6,8-9,11-12,14,17,21H,7,10,13,15-16H2,1-2H3,(H,26,30). The van der Waals surface area contributed by atoms with Crippen molar-refractivity contribution < 1.29 is 14.4 Å². The first-order chi connectivity index (χ1) is 14.4. The van der Waals surface area contributed by atoms with Crippen LogP contribution in [0.15, 0.2) is 66.4 Å². The van der Waals surface area contributed by atoms with Crippen molar-refractivity contribution in [1.82, 2.24) is 10.2 Å². The molecule has 1 aliphatic carbocycles. The van der Waals surface area contributed by atoms with Crippen molar-refractivity contribution in [2.75, 3.05) is 20.6 Å². The van der Waals surface area contributed by atoms with E-state index in [9.17, 15) is 14.4 Å². The lowest BCUT2D eigenvalue weighted by atomic mass is 9.80. The Kier molecular flexibility index (Phi) is 7.17. The molecule has 0 unspecified atom stereocenters. The van der Waals surface area contributed by atoms with E-state index in [1.165, 1.54) is 5.56 Å². The maximum absolute atomic E-state index is 12.5. The predicted molar refractivity (Wildman–Crippen MR) is 117 cm³/mol. The molecule has 1 saturated carbocycles. The van der Waals surface area contributed by atoms with E-state index in [1.807, 2.05) is 30.3 Å². The summed E-state index contributed by atoms with van der Waals surface area (Å²) >= 11 is 0. The predicted octanol–water partition coefficient (Wildman–Crippen LogP) is 3.51. The molecular weight excluding hydrogens is 376 g/mol. The lowest BCUT2D eigenvalue weighted by Gasteiger charge is -2.23. The molecule has 156 valence electrons. The molecule has 0 atom stereocenters. The molecule has 0 saturated heterocycles. The van der Waals surface area contributed by atoms with Crippen molar-refractivity contribution in [2.45, 2.75) is 31.6 Å². The molecule has 1 aliphatic rings. The third-order valence-corrected chi connectivity index (χ3v) is 5.24. The Morgan fingerprint density at radius 1 is 1.03 bits per heavy atom. The fourth-order valence-electron chi connectivity index (χ4n) is 3.71. The van der Waals surface area contributed by atoms with Crippen LogP contribution in [0.4, 0.5) is 0 Å². The minimum Gasteiger partial charge on any atom is -0.383 e. The van der Waals surface area contributed by atoms with E-state index < -0.39 is 0 Å². The summed E-state index contributed by atoms with van der Waals surface area (Å²) in [6, 6.07) is 17.4. The molecule has 1 N–H and O–H groups in total. The third kappa shape index (κ3) is 5.66. The molecule has 30 heavy (non-hydrogen) atoms.